The molecule has 0 saturated carbocycles. The third-order valence-electron chi connectivity index (χ3n) is 5.88. The monoisotopic (exact) mass is 545 g/mol. The number of rotatable bonds is 8. The van der Waals surface area contributed by atoms with Crippen LogP contribution in [0.2, 0.25) is 0 Å². The molecule has 2 aromatic heterocycles. The zero-order valence-corrected chi connectivity index (χ0v) is 20.7. The number of carboxylic acid groups (broad SMARTS) is 1. The van der Waals surface area contributed by atoms with Gasteiger partial charge in [0.2, 0.25) is 17.9 Å². The van der Waals surface area contributed by atoms with Gasteiger partial charge in [0.25, 0.3) is 0 Å². The number of nitrogens with zero attached hydrogens (tertiary/aromatic N) is 3. The number of hydrogen-bond donors (Lipinski definition) is 3. The molecule has 0 amide bonds. The smallest absolute Gasteiger partial charge is 0.429 e. The highest BCUT2D eigenvalue weighted by molar-refractivity contribution is 5.74. The highest BCUT2D eigenvalue weighted by Crippen LogP contribution is 2.42. The SMILES string of the molecule is Cc1noc(C)c1-c1cc(F)ccc1C(Oc1cc(-c2ccc(C[C@H](N)C(=O)O)cc2)nc(N)n1)C(F)(F)F. The number of anilines is 1. The number of nitrogen functional groups attached to an aromatic ring is 1. The molecule has 1 unspecified atom stereocenters. The first-order valence-electron chi connectivity index (χ1n) is 11.5. The van der Waals surface area contributed by atoms with Crippen molar-refractivity contribution in [3.8, 4) is 28.3 Å². The van der Waals surface area contributed by atoms with Crippen LogP contribution in [-0.4, -0.2) is 38.4 Å². The van der Waals surface area contributed by atoms with E-state index in [9.17, 15) is 22.4 Å². The summed E-state index contributed by atoms with van der Waals surface area (Å²) in [5.41, 5.74) is 12.6. The van der Waals surface area contributed by atoms with Gasteiger partial charge in [-0.25, -0.2) is 9.37 Å². The van der Waals surface area contributed by atoms with Crippen molar-refractivity contribution in [2.75, 3.05) is 5.73 Å². The Balaban J connectivity index is 1.71. The molecule has 2 aromatic carbocycles. The molecule has 9 nitrogen and oxygen atoms in total. The van der Waals surface area contributed by atoms with E-state index in [4.69, 9.17) is 25.8 Å². The van der Waals surface area contributed by atoms with Crippen LogP contribution < -0.4 is 16.2 Å². The topological polar surface area (TPSA) is 150 Å². The maximum atomic E-state index is 14.4. The first kappa shape index (κ1) is 27.5. The van der Waals surface area contributed by atoms with Crippen molar-refractivity contribution in [3.63, 3.8) is 0 Å². The summed E-state index contributed by atoms with van der Waals surface area (Å²) in [5.74, 6) is -2.50. The van der Waals surface area contributed by atoms with Gasteiger partial charge in [-0.3, -0.25) is 4.79 Å². The highest BCUT2D eigenvalue weighted by atomic mass is 19.4. The van der Waals surface area contributed by atoms with E-state index in [2.05, 4.69) is 15.1 Å². The zero-order chi connectivity index (χ0) is 28.5. The van der Waals surface area contributed by atoms with Crippen LogP contribution >= 0.6 is 0 Å². The molecule has 4 rings (SSSR count). The number of benzene rings is 2. The summed E-state index contributed by atoms with van der Waals surface area (Å²) in [6, 6.07) is 9.35. The molecule has 0 saturated heterocycles. The van der Waals surface area contributed by atoms with Crippen LogP contribution in [0.25, 0.3) is 22.4 Å². The molecule has 0 aliphatic carbocycles. The van der Waals surface area contributed by atoms with Gasteiger partial charge in [-0.2, -0.15) is 18.2 Å². The minimum Gasteiger partial charge on any atom is -0.480 e. The van der Waals surface area contributed by atoms with E-state index in [0.29, 0.717) is 11.1 Å². The third kappa shape index (κ3) is 6.14. The Morgan fingerprint density at radius 1 is 1.10 bits per heavy atom. The highest BCUT2D eigenvalue weighted by Gasteiger charge is 2.45. The third-order valence-corrected chi connectivity index (χ3v) is 5.88. The van der Waals surface area contributed by atoms with Crippen molar-refractivity contribution in [2.45, 2.75) is 38.6 Å². The summed E-state index contributed by atoms with van der Waals surface area (Å²) in [4.78, 5) is 18.9. The molecule has 2 atom stereocenters. The van der Waals surface area contributed by atoms with Gasteiger partial charge in [0.1, 0.15) is 17.6 Å². The van der Waals surface area contributed by atoms with E-state index >= 15 is 0 Å². The number of nitrogens with two attached hydrogens (primary N) is 2. The fourth-order valence-corrected chi connectivity index (χ4v) is 4.07. The van der Waals surface area contributed by atoms with Crippen molar-refractivity contribution in [1.82, 2.24) is 15.1 Å². The number of aryl methyl sites for hydroxylation is 2. The number of carbonyl (C=O) groups is 1. The second-order valence-corrected chi connectivity index (χ2v) is 8.77. The lowest BCUT2D eigenvalue weighted by Gasteiger charge is -2.24. The van der Waals surface area contributed by atoms with E-state index in [1.807, 2.05) is 0 Å². The Morgan fingerprint density at radius 2 is 1.79 bits per heavy atom. The van der Waals surface area contributed by atoms with Gasteiger partial charge in [0, 0.05) is 22.8 Å². The van der Waals surface area contributed by atoms with E-state index in [1.54, 1.807) is 24.3 Å². The molecular formula is C26H23F4N5O4. The van der Waals surface area contributed by atoms with Crippen LogP contribution in [0.4, 0.5) is 23.5 Å². The van der Waals surface area contributed by atoms with E-state index < -0.39 is 36.0 Å². The zero-order valence-electron chi connectivity index (χ0n) is 20.7. The Morgan fingerprint density at radius 3 is 2.38 bits per heavy atom. The molecule has 0 bridgehead atoms. The van der Waals surface area contributed by atoms with Crippen LogP contribution in [0.15, 0.2) is 53.1 Å². The average molecular weight is 545 g/mol. The number of carboxylic acids is 1. The molecule has 0 aliphatic rings. The van der Waals surface area contributed by atoms with E-state index in [1.165, 1.54) is 19.9 Å². The summed E-state index contributed by atoms with van der Waals surface area (Å²) in [6.07, 6.45) is -7.41. The number of aromatic nitrogens is 3. The van der Waals surface area contributed by atoms with Crippen LogP contribution in [0.5, 0.6) is 5.88 Å². The predicted molar refractivity (Wildman–Crippen MR) is 132 cm³/mol. The van der Waals surface area contributed by atoms with Crippen molar-refractivity contribution in [3.05, 3.63) is 76.9 Å². The molecule has 0 radical (unpaired) electrons. The maximum absolute atomic E-state index is 14.4. The van der Waals surface area contributed by atoms with Crippen LogP contribution in [0, 0.1) is 19.7 Å². The predicted octanol–water partition coefficient (Wildman–Crippen LogP) is 4.77. The molecule has 204 valence electrons. The quantitative estimate of drug-likeness (QED) is 0.266. The second kappa shape index (κ2) is 10.7. The Labute approximate surface area is 219 Å². The fraction of sp³-hybridized carbons (Fsp3) is 0.231. The van der Waals surface area contributed by atoms with Gasteiger partial charge in [0.05, 0.1) is 11.4 Å². The Hall–Kier alpha value is -4.52. The van der Waals surface area contributed by atoms with Crippen molar-refractivity contribution in [1.29, 1.82) is 0 Å². The lowest BCUT2D eigenvalue weighted by molar-refractivity contribution is -0.198. The number of halogens is 4. The second-order valence-electron chi connectivity index (χ2n) is 8.77. The summed E-state index contributed by atoms with van der Waals surface area (Å²) in [5, 5.41) is 12.7. The van der Waals surface area contributed by atoms with Gasteiger partial charge in [-0.15, -0.1) is 0 Å². The standard InChI is InChI=1S/C26H23F4N5O4/c1-12-22(13(2)39-35-12)18-10-16(27)7-8-17(18)23(26(28,29)30)38-21-11-20(33-25(32)34-21)15-5-3-14(4-6-15)9-19(31)24(36)37/h3-8,10-11,19,23H,9,31H2,1-2H3,(H,36,37)(H2,32,33,34)/t19-,23?/m0/s1. The molecule has 4 aromatic rings. The van der Waals surface area contributed by atoms with E-state index in [-0.39, 0.29) is 46.2 Å². The van der Waals surface area contributed by atoms with Crippen molar-refractivity contribution < 1.29 is 36.7 Å². The molecule has 39 heavy (non-hydrogen) atoms. The average Bonchev–Trinajstić information content (AvgIpc) is 3.19. The molecular weight excluding hydrogens is 522 g/mol. The van der Waals surface area contributed by atoms with Crippen molar-refractivity contribution >= 4 is 11.9 Å². The minimum absolute atomic E-state index is 0.0777. The van der Waals surface area contributed by atoms with Crippen LogP contribution in [-0.2, 0) is 11.2 Å². The number of aliphatic carboxylic acids is 1. The molecule has 0 spiro atoms. The van der Waals surface area contributed by atoms with Gasteiger partial charge >= 0.3 is 12.1 Å². The maximum Gasteiger partial charge on any atom is 0.429 e. The molecule has 0 aliphatic heterocycles. The number of alkyl halides is 3. The largest absolute Gasteiger partial charge is 0.480 e. The number of ether oxygens (including phenoxy) is 1. The first-order valence-corrected chi connectivity index (χ1v) is 11.5. The van der Waals surface area contributed by atoms with Crippen molar-refractivity contribution in [2.24, 2.45) is 5.73 Å². The molecule has 5 N–H and O–H groups in total. The number of hydrogen-bond acceptors (Lipinski definition) is 8. The first-order chi connectivity index (χ1) is 18.3. The van der Waals surface area contributed by atoms with Gasteiger partial charge in [-0.1, -0.05) is 35.5 Å². The van der Waals surface area contributed by atoms with Gasteiger partial charge in [-0.05, 0) is 43.5 Å². The normalized spacial score (nSPS) is 13.2. The Bertz CT molecular complexity index is 1490. The van der Waals surface area contributed by atoms with Gasteiger partial charge in [0.15, 0.2) is 0 Å². The van der Waals surface area contributed by atoms with Crippen LogP contribution in [0.1, 0.15) is 28.7 Å². The Kier molecular flexibility index (Phi) is 7.54. The summed E-state index contributed by atoms with van der Waals surface area (Å²) >= 11 is 0. The fourth-order valence-electron chi connectivity index (χ4n) is 4.07. The molecule has 0 fully saturated rings. The molecule has 2 heterocycles. The lowest BCUT2D eigenvalue weighted by atomic mass is 9.94. The van der Waals surface area contributed by atoms with Crippen LogP contribution in [0.3, 0.4) is 0 Å². The minimum atomic E-state index is -4.93. The van der Waals surface area contributed by atoms with E-state index in [0.717, 1.165) is 18.2 Å². The summed E-state index contributed by atoms with van der Waals surface area (Å²) < 4.78 is 67.7. The van der Waals surface area contributed by atoms with Gasteiger partial charge < -0.3 is 25.8 Å². The summed E-state index contributed by atoms with van der Waals surface area (Å²) in [7, 11) is 0. The summed E-state index contributed by atoms with van der Waals surface area (Å²) in [6.45, 7) is 3.04. The molecule has 13 heteroatoms. The lowest BCUT2D eigenvalue weighted by Crippen LogP contribution is -2.32.